The first-order valence-corrected chi connectivity index (χ1v) is 9.09. The van der Waals surface area contributed by atoms with Gasteiger partial charge in [0, 0.05) is 30.9 Å². The van der Waals surface area contributed by atoms with Crippen molar-refractivity contribution in [1.82, 2.24) is 10.2 Å². The van der Waals surface area contributed by atoms with Gasteiger partial charge in [0.25, 0.3) is 0 Å². The van der Waals surface area contributed by atoms with Crippen molar-refractivity contribution in [3.63, 3.8) is 0 Å². The van der Waals surface area contributed by atoms with E-state index in [1.807, 2.05) is 0 Å². The molecule has 1 atom stereocenters. The minimum absolute atomic E-state index is 0.176. The summed E-state index contributed by atoms with van der Waals surface area (Å²) in [5.41, 5.74) is 3.02. The van der Waals surface area contributed by atoms with Crippen LogP contribution in [-0.4, -0.2) is 44.5 Å². The number of likely N-dealkylation sites (N-methyl/N-ethyl adjacent to an activating group) is 1. The molecule has 2 aromatic carbocycles. The van der Waals surface area contributed by atoms with E-state index in [4.69, 9.17) is 0 Å². The zero-order valence-electron chi connectivity index (χ0n) is 15.4. The van der Waals surface area contributed by atoms with Gasteiger partial charge in [-0.15, -0.1) is 0 Å². The van der Waals surface area contributed by atoms with Crippen molar-refractivity contribution in [2.45, 2.75) is 18.9 Å². The van der Waals surface area contributed by atoms with Crippen LogP contribution in [0.1, 0.15) is 23.6 Å². The highest BCUT2D eigenvalue weighted by atomic mass is 19.1. The second kappa shape index (κ2) is 8.32. The van der Waals surface area contributed by atoms with Crippen molar-refractivity contribution in [2.75, 3.05) is 38.6 Å². The minimum atomic E-state index is -0.634. The topological polar surface area (TPSA) is 35.6 Å². The number of benzene rings is 2. The van der Waals surface area contributed by atoms with Crippen LogP contribution in [-0.2, 0) is 11.2 Å². The van der Waals surface area contributed by atoms with Crippen LogP contribution in [0.25, 0.3) is 0 Å². The average molecular weight is 355 g/mol. The summed E-state index contributed by atoms with van der Waals surface area (Å²) in [4.78, 5) is 16.7. The Hall–Kier alpha value is -2.40. The average Bonchev–Trinajstić information content (AvgIpc) is 2.63. The quantitative estimate of drug-likeness (QED) is 0.865. The van der Waals surface area contributed by atoms with Crippen LogP contribution in [0.4, 0.5) is 10.1 Å². The van der Waals surface area contributed by atoms with Gasteiger partial charge in [-0.1, -0.05) is 36.4 Å². The maximum atomic E-state index is 14.1. The molecule has 3 rings (SSSR count). The lowest BCUT2D eigenvalue weighted by Gasteiger charge is -2.31. The van der Waals surface area contributed by atoms with Crippen molar-refractivity contribution in [1.29, 1.82) is 0 Å². The maximum Gasteiger partial charge on any atom is 0.242 e. The summed E-state index contributed by atoms with van der Waals surface area (Å²) in [7, 11) is 3.58. The molecule has 0 bridgehead atoms. The number of hydrogen-bond acceptors (Lipinski definition) is 3. The summed E-state index contributed by atoms with van der Waals surface area (Å²) in [5.74, 6) is -0.531. The highest BCUT2D eigenvalue weighted by molar-refractivity contribution is 5.83. The fourth-order valence-corrected chi connectivity index (χ4v) is 3.61. The minimum Gasteiger partial charge on any atom is -0.370 e. The van der Waals surface area contributed by atoms with E-state index in [1.54, 1.807) is 37.2 Å². The largest absolute Gasteiger partial charge is 0.370 e. The monoisotopic (exact) mass is 355 g/mol. The first-order chi connectivity index (χ1) is 12.6. The van der Waals surface area contributed by atoms with Crippen LogP contribution in [0.5, 0.6) is 0 Å². The molecule has 0 aromatic heterocycles. The second-order valence-electron chi connectivity index (χ2n) is 6.90. The number of nitrogens with one attached hydrogen (secondary N) is 1. The summed E-state index contributed by atoms with van der Waals surface area (Å²) in [6.07, 6.45) is 2.23. The molecule has 138 valence electrons. The van der Waals surface area contributed by atoms with Gasteiger partial charge in [0.2, 0.25) is 5.91 Å². The Kier molecular flexibility index (Phi) is 5.89. The lowest BCUT2D eigenvalue weighted by molar-refractivity contribution is -0.125. The van der Waals surface area contributed by atoms with E-state index in [2.05, 4.69) is 34.5 Å². The van der Waals surface area contributed by atoms with Crippen molar-refractivity contribution >= 4 is 11.6 Å². The predicted octanol–water partition coefficient (Wildman–Crippen LogP) is 3.00. The molecule has 0 radical (unpaired) electrons. The Labute approximate surface area is 154 Å². The summed E-state index contributed by atoms with van der Waals surface area (Å²) in [6.45, 7) is 2.28. The van der Waals surface area contributed by atoms with Crippen LogP contribution < -0.4 is 10.2 Å². The summed E-state index contributed by atoms with van der Waals surface area (Å²) < 4.78 is 14.1. The molecule has 5 heteroatoms. The molecule has 0 unspecified atom stereocenters. The molecule has 0 fully saturated rings. The van der Waals surface area contributed by atoms with Gasteiger partial charge in [0.15, 0.2) is 0 Å². The predicted molar refractivity (Wildman–Crippen MR) is 103 cm³/mol. The number of fused-ring (bicyclic) bond motifs is 1. The third-order valence-electron chi connectivity index (χ3n) is 4.85. The Morgan fingerprint density at radius 2 is 1.92 bits per heavy atom. The Balaban J connectivity index is 1.62. The zero-order chi connectivity index (χ0) is 18.5. The number of hydrogen-bond donors (Lipinski definition) is 1. The number of halogens is 1. The van der Waals surface area contributed by atoms with E-state index in [9.17, 15) is 9.18 Å². The van der Waals surface area contributed by atoms with E-state index in [0.29, 0.717) is 12.1 Å². The molecular weight excluding hydrogens is 329 g/mol. The van der Waals surface area contributed by atoms with E-state index in [-0.39, 0.29) is 11.7 Å². The number of amides is 1. The standard InChI is InChI=1S/C21H26FN3O/c1-24(2)20(17-10-4-5-11-18(17)22)21(26)23-13-15-25-14-7-9-16-8-3-6-12-19(16)25/h3-6,8,10-12,20H,7,9,13-15H2,1-2H3,(H,23,26)/t20-/m0/s1. The summed E-state index contributed by atoms with van der Waals surface area (Å²) >= 11 is 0. The van der Waals surface area contributed by atoms with Gasteiger partial charge in [-0.05, 0) is 44.6 Å². The third-order valence-corrected chi connectivity index (χ3v) is 4.85. The van der Waals surface area contributed by atoms with Gasteiger partial charge in [0.1, 0.15) is 11.9 Å². The smallest absolute Gasteiger partial charge is 0.242 e. The number of para-hydroxylation sites is 1. The van der Waals surface area contributed by atoms with E-state index >= 15 is 0 Å². The van der Waals surface area contributed by atoms with Gasteiger partial charge in [-0.3, -0.25) is 9.69 Å². The third kappa shape index (κ3) is 4.05. The normalized spacial score (nSPS) is 14.8. The van der Waals surface area contributed by atoms with E-state index in [1.165, 1.54) is 17.3 Å². The maximum absolute atomic E-state index is 14.1. The van der Waals surface area contributed by atoms with Crippen LogP contribution in [0.2, 0.25) is 0 Å². The van der Waals surface area contributed by atoms with Crippen molar-refractivity contribution < 1.29 is 9.18 Å². The zero-order valence-corrected chi connectivity index (χ0v) is 15.4. The van der Waals surface area contributed by atoms with Gasteiger partial charge < -0.3 is 10.2 Å². The first kappa shape index (κ1) is 18.4. The van der Waals surface area contributed by atoms with Gasteiger partial charge in [-0.2, -0.15) is 0 Å². The molecule has 0 spiro atoms. The molecule has 1 amide bonds. The van der Waals surface area contributed by atoms with Crippen LogP contribution in [0, 0.1) is 5.82 Å². The molecule has 2 aromatic rings. The highest BCUT2D eigenvalue weighted by Gasteiger charge is 2.25. The number of carbonyl (C=O) groups is 1. The summed E-state index contributed by atoms with van der Waals surface area (Å²) in [5, 5.41) is 2.98. The fourth-order valence-electron chi connectivity index (χ4n) is 3.61. The molecule has 1 aliphatic heterocycles. The molecule has 4 nitrogen and oxygen atoms in total. The Bertz CT molecular complexity index is 762. The summed E-state index contributed by atoms with van der Waals surface area (Å²) in [6, 6.07) is 14.2. The van der Waals surface area contributed by atoms with Crippen LogP contribution >= 0.6 is 0 Å². The SMILES string of the molecule is CN(C)[C@H](C(=O)NCCN1CCCc2ccccc21)c1ccccc1F. The van der Waals surface area contributed by atoms with Gasteiger partial charge in [0.05, 0.1) is 0 Å². The van der Waals surface area contributed by atoms with Gasteiger partial charge in [-0.25, -0.2) is 4.39 Å². The molecule has 26 heavy (non-hydrogen) atoms. The van der Waals surface area contributed by atoms with E-state index in [0.717, 1.165) is 25.9 Å². The Morgan fingerprint density at radius 3 is 2.69 bits per heavy atom. The molecule has 0 aliphatic carbocycles. The number of anilines is 1. The number of aryl methyl sites for hydroxylation is 1. The Morgan fingerprint density at radius 1 is 1.19 bits per heavy atom. The molecule has 0 saturated heterocycles. The molecule has 1 heterocycles. The van der Waals surface area contributed by atoms with Gasteiger partial charge >= 0.3 is 0 Å². The highest BCUT2D eigenvalue weighted by Crippen LogP contribution is 2.26. The number of nitrogens with zero attached hydrogens (tertiary/aromatic N) is 2. The van der Waals surface area contributed by atoms with E-state index < -0.39 is 6.04 Å². The first-order valence-electron chi connectivity index (χ1n) is 9.09. The van der Waals surface area contributed by atoms with Crippen molar-refractivity contribution in [3.8, 4) is 0 Å². The second-order valence-corrected chi connectivity index (χ2v) is 6.90. The molecule has 1 aliphatic rings. The van der Waals surface area contributed by atoms with Crippen LogP contribution in [0.15, 0.2) is 48.5 Å². The lowest BCUT2D eigenvalue weighted by Crippen LogP contribution is -2.42. The van der Waals surface area contributed by atoms with Crippen molar-refractivity contribution in [3.05, 3.63) is 65.5 Å². The fraction of sp³-hybridized carbons (Fsp3) is 0.381. The van der Waals surface area contributed by atoms with Crippen LogP contribution in [0.3, 0.4) is 0 Å². The molecular formula is C21H26FN3O. The van der Waals surface area contributed by atoms with Crippen molar-refractivity contribution in [2.24, 2.45) is 0 Å². The molecule has 1 N–H and O–H groups in total. The number of carbonyl (C=O) groups excluding carboxylic acids is 1. The molecule has 0 saturated carbocycles. The lowest BCUT2D eigenvalue weighted by atomic mass is 10.0. The number of rotatable bonds is 6.